The van der Waals surface area contributed by atoms with Crippen LogP contribution in [-0.4, -0.2) is 11.1 Å². The first-order valence-electron chi connectivity index (χ1n) is 3.68. The van der Waals surface area contributed by atoms with Gasteiger partial charge in [0.1, 0.15) is 0 Å². The van der Waals surface area contributed by atoms with Gasteiger partial charge in [-0.05, 0) is 40.8 Å². The lowest BCUT2D eigenvalue weighted by Gasteiger charge is -2.00. The van der Waals surface area contributed by atoms with E-state index in [1.165, 1.54) is 0 Å². The lowest BCUT2D eigenvalue weighted by Crippen LogP contribution is -1.99. The van der Waals surface area contributed by atoms with Gasteiger partial charge < -0.3 is 0 Å². The van der Waals surface area contributed by atoms with Crippen LogP contribution in [0.15, 0.2) is 18.2 Å². The fourth-order valence-corrected chi connectivity index (χ4v) is 2.40. The predicted octanol–water partition coefficient (Wildman–Crippen LogP) is 3.91. The summed E-state index contributed by atoms with van der Waals surface area (Å²) in [5.74, 6) is 0.122. The number of ketones is 1. The van der Waals surface area contributed by atoms with E-state index in [4.69, 9.17) is 11.6 Å². The topological polar surface area (TPSA) is 17.1 Å². The number of rotatable bonds is 3. The molecule has 0 saturated heterocycles. The van der Waals surface area contributed by atoms with Gasteiger partial charge in [-0.1, -0.05) is 27.5 Å². The molecule has 0 aliphatic heterocycles. The first-order chi connectivity index (χ1) is 6.13. The zero-order valence-corrected chi connectivity index (χ0v) is 11.2. The van der Waals surface area contributed by atoms with Crippen LogP contribution in [0.5, 0.6) is 0 Å². The molecule has 0 unspecified atom stereocenters. The van der Waals surface area contributed by atoms with E-state index in [0.29, 0.717) is 22.3 Å². The molecule has 1 nitrogen and oxygen atoms in total. The molecular formula is C9H7BrClIO. The quantitative estimate of drug-likeness (QED) is 0.446. The molecule has 0 aromatic heterocycles. The maximum absolute atomic E-state index is 11.5. The number of carbonyl (C=O) groups is 1. The molecular weight excluding hydrogens is 366 g/mol. The molecule has 0 saturated carbocycles. The lowest BCUT2D eigenvalue weighted by molar-refractivity contribution is 0.0990. The van der Waals surface area contributed by atoms with Gasteiger partial charge in [0.25, 0.3) is 0 Å². The number of Topliss-reactive ketones (excluding diaryl/α,β-unsaturated/α-hetero) is 1. The number of halogens is 3. The summed E-state index contributed by atoms with van der Waals surface area (Å²) in [7, 11) is 0. The maximum atomic E-state index is 11.5. The molecule has 0 aliphatic carbocycles. The Kier molecular flexibility index (Phi) is 4.69. The van der Waals surface area contributed by atoms with E-state index in [1.54, 1.807) is 6.07 Å². The predicted molar refractivity (Wildman–Crippen MR) is 66.9 cm³/mol. The molecule has 0 atom stereocenters. The number of hydrogen-bond donors (Lipinski definition) is 0. The Labute approximate surface area is 104 Å². The highest BCUT2D eigenvalue weighted by Crippen LogP contribution is 2.18. The SMILES string of the molecule is O=C(CCBr)c1cc(Cl)cc(I)c1. The van der Waals surface area contributed by atoms with Crippen molar-refractivity contribution >= 4 is 55.9 Å². The molecule has 0 aliphatic rings. The van der Waals surface area contributed by atoms with Crippen LogP contribution in [0.1, 0.15) is 16.8 Å². The zero-order valence-electron chi connectivity index (χ0n) is 6.69. The second-order valence-corrected chi connectivity index (χ2v) is 5.00. The molecule has 1 aromatic rings. The number of alkyl halides is 1. The Morgan fingerprint density at radius 3 is 2.69 bits per heavy atom. The van der Waals surface area contributed by atoms with Gasteiger partial charge in [-0.2, -0.15) is 0 Å². The van der Waals surface area contributed by atoms with Crippen LogP contribution in [0.3, 0.4) is 0 Å². The first-order valence-corrected chi connectivity index (χ1v) is 6.26. The maximum Gasteiger partial charge on any atom is 0.163 e. The standard InChI is InChI=1S/C9H7BrClIO/c10-2-1-9(13)6-3-7(11)5-8(12)4-6/h3-5H,1-2H2. The fraction of sp³-hybridized carbons (Fsp3) is 0.222. The Morgan fingerprint density at radius 1 is 1.46 bits per heavy atom. The Bertz CT molecular complexity index is 307. The van der Waals surface area contributed by atoms with Gasteiger partial charge >= 0.3 is 0 Å². The van der Waals surface area contributed by atoms with Crippen molar-refractivity contribution in [3.8, 4) is 0 Å². The molecule has 1 aromatic carbocycles. The molecule has 70 valence electrons. The molecule has 0 bridgehead atoms. The Hall–Kier alpha value is 0.390. The number of carbonyl (C=O) groups excluding carboxylic acids is 1. The van der Waals surface area contributed by atoms with E-state index >= 15 is 0 Å². The third-order valence-corrected chi connectivity index (χ3v) is 2.74. The largest absolute Gasteiger partial charge is 0.294 e. The summed E-state index contributed by atoms with van der Waals surface area (Å²) >= 11 is 11.2. The van der Waals surface area contributed by atoms with E-state index in [2.05, 4.69) is 38.5 Å². The summed E-state index contributed by atoms with van der Waals surface area (Å²) in [5.41, 5.74) is 0.691. The van der Waals surface area contributed by atoms with Crippen molar-refractivity contribution in [3.05, 3.63) is 32.4 Å². The van der Waals surface area contributed by atoms with Crippen LogP contribution in [-0.2, 0) is 0 Å². The van der Waals surface area contributed by atoms with E-state index < -0.39 is 0 Å². The van der Waals surface area contributed by atoms with Crippen molar-refractivity contribution in [3.63, 3.8) is 0 Å². The van der Waals surface area contributed by atoms with Crippen LogP contribution in [0, 0.1) is 3.57 Å². The summed E-state index contributed by atoms with van der Waals surface area (Å²) < 4.78 is 0.989. The van der Waals surface area contributed by atoms with Gasteiger partial charge in [0.2, 0.25) is 0 Å². The van der Waals surface area contributed by atoms with Crippen LogP contribution < -0.4 is 0 Å². The van der Waals surface area contributed by atoms with Crippen molar-refractivity contribution in [2.45, 2.75) is 6.42 Å². The number of benzene rings is 1. The summed E-state index contributed by atoms with van der Waals surface area (Å²) in [6, 6.07) is 5.37. The minimum Gasteiger partial charge on any atom is -0.294 e. The Balaban J connectivity index is 2.94. The smallest absolute Gasteiger partial charge is 0.163 e. The van der Waals surface area contributed by atoms with Crippen molar-refractivity contribution in [1.82, 2.24) is 0 Å². The average molecular weight is 373 g/mol. The number of hydrogen-bond acceptors (Lipinski definition) is 1. The lowest BCUT2D eigenvalue weighted by atomic mass is 10.1. The van der Waals surface area contributed by atoms with E-state index in [9.17, 15) is 4.79 Å². The zero-order chi connectivity index (χ0) is 9.84. The minimum absolute atomic E-state index is 0.122. The monoisotopic (exact) mass is 372 g/mol. The van der Waals surface area contributed by atoms with Gasteiger partial charge in [0.05, 0.1) is 0 Å². The highest BCUT2D eigenvalue weighted by molar-refractivity contribution is 14.1. The summed E-state index contributed by atoms with van der Waals surface area (Å²) in [5, 5.41) is 1.30. The van der Waals surface area contributed by atoms with Crippen molar-refractivity contribution < 1.29 is 4.79 Å². The van der Waals surface area contributed by atoms with Gasteiger partial charge in [-0.15, -0.1) is 0 Å². The Morgan fingerprint density at radius 2 is 2.15 bits per heavy atom. The van der Waals surface area contributed by atoms with Crippen LogP contribution in [0.4, 0.5) is 0 Å². The van der Waals surface area contributed by atoms with Crippen LogP contribution >= 0.6 is 50.1 Å². The van der Waals surface area contributed by atoms with Gasteiger partial charge in [0, 0.05) is 25.9 Å². The first kappa shape index (κ1) is 11.5. The summed E-state index contributed by atoms with van der Waals surface area (Å²) in [6.07, 6.45) is 0.510. The second kappa shape index (κ2) is 5.32. The van der Waals surface area contributed by atoms with Crippen molar-refractivity contribution in [2.24, 2.45) is 0 Å². The van der Waals surface area contributed by atoms with Gasteiger partial charge in [-0.3, -0.25) is 4.79 Å². The van der Waals surface area contributed by atoms with Crippen molar-refractivity contribution in [2.75, 3.05) is 5.33 Å². The highest BCUT2D eigenvalue weighted by Gasteiger charge is 2.06. The molecule has 4 heteroatoms. The fourth-order valence-electron chi connectivity index (χ4n) is 0.945. The van der Waals surface area contributed by atoms with Gasteiger partial charge in [0.15, 0.2) is 5.78 Å². The normalized spacial score (nSPS) is 10.1. The molecule has 0 heterocycles. The summed E-state index contributed by atoms with van der Waals surface area (Å²) in [4.78, 5) is 11.5. The third kappa shape index (κ3) is 3.56. The van der Waals surface area contributed by atoms with Crippen LogP contribution in [0.2, 0.25) is 5.02 Å². The molecule has 0 amide bonds. The van der Waals surface area contributed by atoms with Gasteiger partial charge in [-0.25, -0.2) is 0 Å². The molecule has 0 spiro atoms. The minimum atomic E-state index is 0.122. The third-order valence-electron chi connectivity index (χ3n) is 1.51. The molecule has 0 radical (unpaired) electrons. The summed E-state index contributed by atoms with van der Waals surface area (Å²) in [6.45, 7) is 0. The average Bonchev–Trinajstić information content (AvgIpc) is 2.03. The van der Waals surface area contributed by atoms with Crippen molar-refractivity contribution in [1.29, 1.82) is 0 Å². The molecule has 0 N–H and O–H groups in total. The van der Waals surface area contributed by atoms with Crippen LogP contribution in [0.25, 0.3) is 0 Å². The molecule has 1 rings (SSSR count). The van der Waals surface area contributed by atoms with E-state index in [-0.39, 0.29) is 5.78 Å². The highest BCUT2D eigenvalue weighted by atomic mass is 127. The molecule has 0 fully saturated rings. The van der Waals surface area contributed by atoms with E-state index in [1.807, 2.05) is 12.1 Å². The molecule has 13 heavy (non-hydrogen) atoms. The van der Waals surface area contributed by atoms with E-state index in [0.717, 1.165) is 3.57 Å². The second-order valence-electron chi connectivity index (χ2n) is 2.52.